The Bertz CT molecular complexity index is 306. The summed E-state index contributed by atoms with van der Waals surface area (Å²) in [6, 6.07) is 0. The summed E-state index contributed by atoms with van der Waals surface area (Å²) in [6.45, 7) is 16.1. The number of hydrogen-bond donors (Lipinski definition) is 0. The second kappa shape index (κ2) is 3.10. The van der Waals surface area contributed by atoms with E-state index in [2.05, 4.69) is 47.7 Å². The van der Waals surface area contributed by atoms with Gasteiger partial charge >= 0.3 is 0 Å². The molecule has 0 aromatic rings. The summed E-state index contributed by atoms with van der Waals surface area (Å²) in [5.41, 5.74) is -0.103. The van der Waals surface area contributed by atoms with Crippen molar-refractivity contribution < 1.29 is 13.9 Å². The Morgan fingerprint density at radius 2 is 1.75 bits per heavy atom. The van der Waals surface area contributed by atoms with E-state index in [4.69, 9.17) is 13.9 Å². The first kappa shape index (κ1) is 12.6. The van der Waals surface area contributed by atoms with Crippen LogP contribution in [0.25, 0.3) is 0 Å². The van der Waals surface area contributed by atoms with Crippen LogP contribution in [0.5, 0.6) is 0 Å². The summed E-state index contributed by atoms with van der Waals surface area (Å²) in [5, 5.41) is 0.259. The molecule has 94 valence electrons. The Kier molecular flexibility index (Phi) is 2.43. The van der Waals surface area contributed by atoms with Gasteiger partial charge in [-0.2, -0.15) is 0 Å². The molecule has 2 rings (SSSR count). The van der Waals surface area contributed by atoms with Crippen LogP contribution in [0.3, 0.4) is 0 Å². The fourth-order valence-corrected chi connectivity index (χ4v) is 2.80. The monoisotopic (exact) mass is 244 g/mol. The summed E-state index contributed by atoms with van der Waals surface area (Å²) >= 11 is 0. The van der Waals surface area contributed by atoms with Gasteiger partial charge in [-0.1, -0.05) is 20.8 Å². The van der Waals surface area contributed by atoms with Crippen LogP contribution in [0, 0.1) is 0 Å². The molecular formula is C12H24O3Si. The van der Waals surface area contributed by atoms with Crippen molar-refractivity contribution in [2.75, 3.05) is 6.61 Å². The van der Waals surface area contributed by atoms with Crippen molar-refractivity contribution in [3.63, 3.8) is 0 Å². The molecule has 2 aliphatic heterocycles. The third-order valence-corrected chi connectivity index (χ3v) is 8.79. The lowest BCUT2D eigenvalue weighted by Gasteiger charge is -2.35. The molecule has 0 radical (unpaired) electrons. The van der Waals surface area contributed by atoms with Crippen LogP contribution < -0.4 is 0 Å². The molecule has 0 N–H and O–H groups in total. The molecule has 0 aromatic carbocycles. The lowest BCUT2D eigenvalue weighted by molar-refractivity contribution is 0.224. The van der Waals surface area contributed by atoms with Crippen LogP contribution in [-0.2, 0) is 13.9 Å². The van der Waals surface area contributed by atoms with Gasteiger partial charge in [0.25, 0.3) is 0 Å². The van der Waals surface area contributed by atoms with Crippen molar-refractivity contribution in [3.8, 4) is 0 Å². The fraction of sp³-hybridized carbons (Fsp3) is 1.00. The highest BCUT2D eigenvalue weighted by atomic mass is 28.4. The van der Waals surface area contributed by atoms with E-state index >= 15 is 0 Å². The van der Waals surface area contributed by atoms with Crippen LogP contribution in [0.15, 0.2) is 0 Å². The van der Waals surface area contributed by atoms with Crippen LogP contribution >= 0.6 is 0 Å². The Morgan fingerprint density at radius 3 is 2.06 bits per heavy atom. The van der Waals surface area contributed by atoms with Crippen molar-refractivity contribution in [2.24, 2.45) is 0 Å². The maximum absolute atomic E-state index is 6.12. The fourth-order valence-electron chi connectivity index (χ4n) is 1.79. The number of ether oxygens (including phenoxy) is 2. The number of epoxide rings is 2. The third-order valence-electron chi connectivity index (χ3n) is 4.29. The van der Waals surface area contributed by atoms with E-state index in [-0.39, 0.29) is 22.5 Å². The Hall–Kier alpha value is 0.0969. The van der Waals surface area contributed by atoms with Crippen LogP contribution in [0.4, 0.5) is 0 Å². The quantitative estimate of drug-likeness (QED) is 0.565. The van der Waals surface area contributed by atoms with Crippen molar-refractivity contribution in [1.29, 1.82) is 0 Å². The molecule has 0 aromatic heterocycles. The molecule has 2 heterocycles. The zero-order valence-corrected chi connectivity index (χ0v) is 12.5. The molecule has 16 heavy (non-hydrogen) atoms. The summed E-state index contributed by atoms with van der Waals surface area (Å²) in [5.74, 6) is -0.296. The molecule has 3 nitrogen and oxygen atoms in total. The van der Waals surface area contributed by atoms with Crippen LogP contribution in [0.2, 0.25) is 18.1 Å². The first-order chi connectivity index (χ1) is 7.02. The van der Waals surface area contributed by atoms with Crippen LogP contribution in [-0.4, -0.2) is 32.4 Å². The van der Waals surface area contributed by atoms with Crippen molar-refractivity contribution >= 4 is 8.32 Å². The first-order valence-electron chi connectivity index (χ1n) is 6.04. The molecule has 0 aliphatic carbocycles. The maximum atomic E-state index is 6.12. The maximum Gasteiger partial charge on any atom is 0.228 e. The van der Waals surface area contributed by atoms with Gasteiger partial charge in [0.1, 0.15) is 11.7 Å². The molecule has 0 amide bonds. The second-order valence-corrected chi connectivity index (χ2v) is 11.8. The zero-order chi connectivity index (χ0) is 12.4. The average Bonchev–Trinajstić information content (AvgIpc) is 2.86. The van der Waals surface area contributed by atoms with Gasteiger partial charge < -0.3 is 13.9 Å². The third kappa shape index (κ3) is 1.76. The molecule has 0 saturated carbocycles. The van der Waals surface area contributed by atoms with E-state index in [1.54, 1.807) is 0 Å². The molecule has 2 fully saturated rings. The Morgan fingerprint density at radius 1 is 1.25 bits per heavy atom. The summed E-state index contributed by atoms with van der Waals surface area (Å²) in [4.78, 5) is 0. The van der Waals surface area contributed by atoms with Gasteiger partial charge in [0.05, 0.1) is 6.61 Å². The number of rotatable bonds is 3. The minimum absolute atomic E-state index is 0.103. The van der Waals surface area contributed by atoms with E-state index in [0.29, 0.717) is 6.61 Å². The SMILES string of the molecule is CC1(C)OC12OC2CO[Si](C)(C)C(C)(C)C. The molecule has 0 bridgehead atoms. The van der Waals surface area contributed by atoms with Gasteiger partial charge in [-0.05, 0) is 32.0 Å². The van der Waals surface area contributed by atoms with E-state index in [1.165, 1.54) is 0 Å². The normalized spacial score (nSPS) is 36.6. The van der Waals surface area contributed by atoms with Gasteiger partial charge in [-0.25, -0.2) is 0 Å². The molecule has 2 aliphatic rings. The van der Waals surface area contributed by atoms with Crippen molar-refractivity contribution in [2.45, 2.75) is 70.2 Å². The van der Waals surface area contributed by atoms with Gasteiger partial charge in [0, 0.05) is 0 Å². The Labute approximate surface area is 99.6 Å². The predicted molar refractivity (Wildman–Crippen MR) is 65.9 cm³/mol. The first-order valence-corrected chi connectivity index (χ1v) is 8.95. The van der Waals surface area contributed by atoms with Gasteiger partial charge in [-0.15, -0.1) is 0 Å². The second-order valence-electron chi connectivity index (χ2n) is 6.96. The largest absolute Gasteiger partial charge is 0.414 e. The standard InChI is InChI=1S/C12H24O3Si/c1-10(2,3)16(6,7)13-8-9-12(14-9)11(4,5)15-12/h9H,8H2,1-7H3. The number of hydrogen-bond acceptors (Lipinski definition) is 3. The lowest BCUT2D eigenvalue weighted by Crippen LogP contribution is -2.41. The molecular weight excluding hydrogens is 220 g/mol. The van der Waals surface area contributed by atoms with E-state index in [0.717, 1.165) is 0 Å². The summed E-state index contributed by atoms with van der Waals surface area (Å²) < 4.78 is 17.3. The molecule has 2 unspecified atom stereocenters. The average molecular weight is 244 g/mol. The van der Waals surface area contributed by atoms with E-state index < -0.39 is 8.32 Å². The smallest absolute Gasteiger partial charge is 0.228 e. The van der Waals surface area contributed by atoms with Crippen LogP contribution in [0.1, 0.15) is 34.6 Å². The topological polar surface area (TPSA) is 34.3 Å². The van der Waals surface area contributed by atoms with Gasteiger partial charge in [-0.3, -0.25) is 0 Å². The van der Waals surface area contributed by atoms with Gasteiger partial charge in [0.2, 0.25) is 5.79 Å². The predicted octanol–water partition coefficient (Wildman–Crippen LogP) is 2.91. The van der Waals surface area contributed by atoms with Gasteiger partial charge in [0.15, 0.2) is 8.32 Å². The van der Waals surface area contributed by atoms with Crippen molar-refractivity contribution in [1.82, 2.24) is 0 Å². The van der Waals surface area contributed by atoms with E-state index in [9.17, 15) is 0 Å². The Balaban J connectivity index is 1.83. The molecule has 1 spiro atoms. The van der Waals surface area contributed by atoms with Crippen molar-refractivity contribution in [3.05, 3.63) is 0 Å². The molecule has 2 saturated heterocycles. The summed E-state index contributed by atoms with van der Waals surface area (Å²) in [6.07, 6.45) is 0.150. The highest BCUT2D eigenvalue weighted by Crippen LogP contribution is 2.62. The minimum Gasteiger partial charge on any atom is -0.414 e. The summed E-state index contributed by atoms with van der Waals surface area (Å²) in [7, 11) is -1.64. The molecule has 2 atom stereocenters. The highest BCUT2D eigenvalue weighted by Gasteiger charge is 2.81. The van der Waals surface area contributed by atoms with E-state index in [1.807, 2.05) is 0 Å². The zero-order valence-electron chi connectivity index (χ0n) is 11.5. The highest BCUT2D eigenvalue weighted by molar-refractivity contribution is 6.74. The lowest BCUT2D eigenvalue weighted by atomic mass is 10.1. The minimum atomic E-state index is -1.64. The molecule has 4 heteroatoms.